The molecule has 2 aliphatic rings. The summed E-state index contributed by atoms with van der Waals surface area (Å²) >= 11 is 5.98. The number of nitrogens with zero attached hydrogens (tertiary/aromatic N) is 2. The van der Waals surface area contributed by atoms with E-state index in [0.29, 0.717) is 43.1 Å². The molecule has 2 N–H and O–H groups in total. The summed E-state index contributed by atoms with van der Waals surface area (Å²) in [5.74, 6) is -1.60. The second kappa shape index (κ2) is 10.4. The smallest absolute Gasteiger partial charge is 0.227 e. The molecule has 33 heavy (non-hydrogen) atoms. The lowest BCUT2D eigenvalue weighted by Crippen LogP contribution is -2.45. The van der Waals surface area contributed by atoms with Crippen LogP contribution in [0.2, 0.25) is 5.02 Å². The predicted octanol–water partition coefficient (Wildman–Crippen LogP) is 2.68. The molecule has 2 heterocycles. The summed E-state index contributed by atoms with van der Waals surface area (Å²) in [7, 11) is -2.84. The molecule has 0 aliphatic carbocycles. The lowest BCUT2D eigenvalue weighted by atomic mass is 9.87. The van der Waals surface area contributed by atoms with Crippen molar-refractivity contribution in [1.82, 2.24) is 14.5 Å². The second-order valence-electron chi connectivity index (χ2n) is 8.51. The fourth-order valence-corrected chi connectivity index (χ4v) is 5.73. The van der Waals surface area contributed by atoms with Gasteiger partial charge in [-0.1, -0.05) is 29.8 Å². The standard InChI is InChI=1S/C23H27ClFN3O4S/c24-16-5-3-15(4-6-16)22-2-1-9-27(10-11-28(22)33(31)32)23(30)20-14-26-13-19(20)18-8-7-17(29)12-21(18)25/h3-8,12,19-20,22,26,29,33H,1-2,9-11,13-14H2/t19-,20+,22?/m0/s1. The monoisotopic (exact) mass is 495 g/mol. The molecule has 2 aromatic rings. The van der Waals surface area contributed by atoms with Crippen molar-refractivity contribution in [1.29, 1.82) is 0 Å². The van der Waals surface area contributed by atoms with Gasteiger partial charge in [0, 0.05) is 55.8 Å². The molecule has 0 radical (unpaired) electrons. The van der Waals surface area contributed by atoms with E-state index in [-0.39, 0.29) is 36.7 Å². The maximum atomic E-state index is 14.5. The van der Waals surface area contributed by atoms with Crippen LogP contribution in [-0.4, -0.2) is 61.4 Å². The number of nitrogens with one attached hydrogen (secondary N) is 1. The van der Waals surface area contributed by atoms with Gasteiger partial charge < -0.3 is 15.3 Å². The highest BCUT2D eigenvalue weighted by Gasteiger charge is 2.38. The summed E-state index contributed by atoms with van der Waals surface area (Å²) in [6, 6.07) is 10.9. The Balaban J connectivity index is 1.50. The Morgan fingerprint density at radius 1 is 1.09 bits per heavy atom. The Kier molecular flexibility index (Phi) is 7.53. The molecule has 178 valence electrons. The largest absolute Gasteiger partial charge is 0.508 e. The molecule has 0 bridgehead atoms. The minimum absolute atomic E-state index is 0.108. The van der Waals surface area contributed by atoms with Gasteiger partial charge in [-0.2, -0.15) is 4.31 Å². The van der Waals surface area contributed by atoms with E-state index >= 15 is 0 Å². The zero-order valence-electron chi connectivity index (χ0n) is 18.0. The predicted molar refractivity (Wildman–Crippen MR) is 124 cm³/mol. The summed E-state index contributed by atoms with van der Waals surface area (Å²) < 4.78 is 40.0. The van der Waals surface area contributed by atoms with Crippen molar-refractivity contribution < 1.29 is 22.7 Å². The third kappa shape index (κ3) is 5.32. The number of benzene rings is 2. The number of aromatic hydroxyl groups is 1. The topological polar surface area (TPSA) is 89.9 Å². The Morgan fingerprint density at radius 2 is 1.85 bits per heavy atom. The lowest BCUT2D eigenvalue weighted by Gasteiger charge is -2.35. The molecule has 1 amide bonds. The highest BCUT2D eigenvalue weighted by molar-refractivity contribution is 7.69. The van der Waals surface area contributed by atoms with Crippen LogP contribution in [0.15, 0.2) is 42.5 Å². The van der Waals surface area contributed by atoms with E-state index in [1.807, 2.05) is 12.1 Å². The molecular formula is C23H27ClFN3O4S. The summed E-state index contributed by atoms with van der Waals surface area (Å²) in [5.41, 5.74) is 1.27. The normalized spacial score (nSPS) is 24.6. The Labute approximate surface area is 199 Å². The van der Waals surface area contributed by atoms with Crippen LogP contribution >= 0.6 is 11.6 Å². The number of carbonyl (C=O) groups excluding carboxylic acids is 1. The van der Waals surface area contributed by atoms with E-state index < -0.39 is 22.6 Å². The molecule has 3 atom stereocenters. The van der Waals surface area contributed by atoms with Crippen molar-refractivity contribution in [2.24, 2.45) is 5.92 Å². The minimum atomic E-state index is -2.84. The van der Waals surface area contributed by atoms with E-state index in [1.165, 1.54) is 16.4 Å². The number of thiol groups is 1. The summed E-state index contributed by atoms with van der Waals surface area (Å²) in [6.07, 6.45) is 1.21. The average molecular weight is 496 g/mol. The number of phenolic OH excluding ortho intramolecular Hbond substituents is 1. The van der Waals surface area contributed by atoms with Gasteiger partial charge in [0.05, 0.1) is 5.92 Å². The van der Waals surface area contributed by atoms with Crippen LogP contribution in [0.1, 0.15) is 35.9 Å². The van der Waals surface area contributed by atoms with Crippen LogP contribution in [0.3, 0.4) is 0 Å². The number of hydrogen-bond donors (Lipinski definition) is 3. The van der Waals surface area contributed by atoms with Crippen molar-refractivity contribution in [3.8, 4) is 5.75 Å². The first kappa shape index (κ1) is 23.9. The van der Waals surface area contributed by atoms with Gasteiger partial charge in [-0.3, -0.25) is 4.79 Å². The first-order valence-corrected chi connectivity index (χ1v) is 12.5. The maximum Gasteiger partial charge on any atom is 0.227 e. The summed E-state index contributed by atoms with van der Waals surface area (Å²) in [4.78, 5) is 15.1. The Hall–Kier alpha value is -2.20. The molecule has 1 unspecified atom stereocenters. The first-order valence-electron chi connectivity index (χ1n) is 11.0. The van der Waals surface area contributed by atoms with E-state index in [1.54, 1.807) is 17.0 Å². The molecule has 2 saturated heterocycles. The van der Waals surface area contributed by atoms with E-state index in [2.05, 4.69) is 5.32 Å². The number of carbonyl (C=O) groups is 1. The SMILES string of the molecule is O=C([C@@H]1CNC[C@H]1c1ccc(O)cc1F)N1CCCC(c2ccc(Cl)cc2)N([SH](=O)=O)CC1. The van der Waals surface area contributed by atoms with Crippen LogP contribution in [0.25, 0.3) is 0 Å². The van der Waals surface area contributed by atoms with Crippen molar-refractivity contribution >= 4 is 28.4 Å². The van der Waals surface area contributed by atoms with Gasteiger partial charge >= 0.3 is 0 Å². The molecule has 2 aliphatic heterocycles. The maximum absolute atomic E-state index is 14.5. The van der Waals surface area contributed by atoms with Crippen LogP contribution in [0, 0.1) is 11.7 Å². The van der Waals surface area contributed by atoms with Gasteiger partial charge in [0.1, 0.15) is 11.6 Å². The van der Waals surface area contributed by atoms with Crippen LogP contribution in [-0.2, 0) is 15.7 Å². The lowest BCUT2D eigenvalue weighted by molar-refractivity contribution is -0.136. The highest BCUT2D eigenvalue weighted by atomic mass is 35.5. The van der Waals surface area contributed by atoms with Crippen molar-refractivity contribution in [2.45, 2.75) is 24.8 Å². The highest BCUT2D eigenvalue weighted by Crippen LogP contribution is 2.34. The molecule has 4 rings (SSSR count). The molecule has 2 fully saturated rings. The number of rotatable bonds is 4. The summed E-state index contributed by atoms with van der Waals surface area (Å²) in [5, 5.41) is 13.3. The summed E-state index contributed by atoms with van der Waals surface area (Å²) in [6.45, 7) is 1.85. The molecule has 0 aromatic heterocycles. The number of halogens is 2. The van der Waals surface area contributed by atoms with Crippen molar-refractivity contribution in [2.75, 3.05) is 32.7 Å². The van der Waals surface area contributed by atoms with Gasteiger partial charge in [0.25, 0.3) is 0 Å². The average Bonchev–Trinajstić information content (AvgIpc) is 3.23. The molecule has 0 spiro atoms. The van der Waals surface area contributed by atoms with Gasteiger partial charge in [-0.05, 0) is 42.2 Å². The number of amides is 1. The molecule has 2 aromatic carbocycles. The van der Waals surface area contributed by atoms with Crippen LogP contribution in [0.4, 0.5) is 4.39 Å². The zero-order valence-corrected chi connectivity index (χ0v) is 19.6. The van der Waals surface area contributed by atoms with Crippen molar-refractivity contribution in [3.63, 3.8) is 0 Å². The van der Waals surface area contributed by atoms with Gasteiger partial charge in [0.2, 0.25) is 16.8 Å². The Morgan fingerprint density at radius 3 is 2.55 bits per heavy atom. The van der Waals surface area contributed by atoms with Gasteiger partial charge in [-0.15, -0.1) is 0 Å². The molecule has 0 saturated carbocycles. The number of hydrogen-bond acceptors (Lipinski definition) is 5. The number of phenols is 1. The Bertz CT molecular complexity index is 1070. The van der Waals surface area contributed by atoms with E-state index in [9.17, 15) is 22.7 Å². The quantitative estimate of drug-likeness (QED) is 0.567. The first-order chi connectivity index (χ1) is 15.8. The van der Waals surface area contributed by atoms with Crippen molar-refractivity contribution in [3.05, 3.63) is 64.4 Å². The van der Waals surface area contributed by atoms with E-state index in [4.69, 9.17) is 11.6 Å². The zero-order chi connectivity index (χ0) is 23.5. The van der Waals surface area contributed by atoms with Crippen LogP contribution < -0.4 is 5.32 Å². The van der Waals surface area contributed by atoms with E-state index in [0.717, 1.165) is 11.6 Å². The second-order valence-corrected chi connectivity index (χ2v) is 9.94. The third-order valence-electron chi connectivity index (χ3n) is 6.56. The fraction of sp³-hybridized carbons (Fsp3) is 0.435. The molecular weight excluding hydrogens is 469 g/mol. The molecule has 7 nitrogen and oxygen atoms in total. The fourth-order valence-electron chi connectivity index (χ4n) is 4.87. The third-order valence-corrected chi connectivity index (χ3v) is 7.71. The molecule has 10 heteroatoms. The minimum Gasteiger partial charge on any atom is -0.508 e. The van der Waals surface area contributed by atoms with Gasteiger partial charge in [-0.25, -0.2) is 12.8 Å². The van der Waals surface area contributed by atoms with Crippen LogP contribution in [0.5, 0.6) is 5.75 Å². The van der Waals surface area contributed by atoms with Gasteiger partial charge in [0.15, 0.2) is 0 Å².